The van der Waals surface area contributed by atoms with E-state index in [1.807, 2.05) is 57.2 Å². The molecule has 0 fully saturated rings. The lowest BCUT2D eigenvalue weighted by atomic mass is 9.97. The molecule has 2 atom stereocenters. The average Bonchev–Trinajstić information content (AvgIpc) is 3.26. The van der Waals surface area contributed by atoms with Gasteiger partial charge >= 0.3 is 0 Å². The Morgan fingerprint density at radius 3 is 2.27 bits per heavy atom. The van der Waals surface area contributed by atoms with Gasteiger partial charge in [-0.2, -0.15) is 0 Å². The van der Waals surface area contributed by atoms with Crippen molar-refractivity contribution in [3.63, 3.8) is 0 Å². The molecule has 1 aromatic heterocycles. The number of furan rings is 1. The Morgan fingerprint density at radius 2 is 1.70 bits per heavy atom. The SMILES string of the molecule is COc1ccc(Cc2ccc(OC)c([C@H](NS(=O)C(C)(C)C)c3ccco3)c2)cc1. The van der Waals surface area contributed by atoms with Crippen LogP contribution >= 0.6 is 0 Å². The Balaban J connectivity index is 1.97. The largest absolute Gasteiger partial charge is 0.497 e. The fourth-order valence-electron chi connectivity index (χ4n) is 3.11. The van der Waals surface area contributed by atoms with Crippen LogP contribution in [0.5, 0.6) is 11.5 Å². The van der Waals surface area contributed by atoms with Gasteiger partial charge in [0.25, 0.3) is 0 Å². The van der Waals surface area contributed by atoms with E-state index < -0.39 is 21.8 Å². The standard InChI is InChI=1S/C24H29NO4S/c1-24(2,3)30(26)25-23(22-7-6-14-29-22)20-16-18(10-13-21(20)28-5)15-17-8-11-19(27-4)12-9-17/h6-14,16,23,25H,15H2,1-5H3/t23-,30?/m0/s1. The van der Waals surface area contributed by atoms with E-state index in [2.05, 4.69) is 22.9 Å². The third kappa shape index (κ3) is 5.32. The molecular weight excluding hydrogens is 398 g/mol. The molecule has 1 unspecified atom stereocenters. The molecule has 3 rings (SSSR count). The monoisotopic (exact) mass is 427 g/mol. The van der Waals surface area contributed by atoms with Gasteiger partial charge < -0.3 is 13.9 Å². The van der Waals surface area contributed by atoms with E-state index in [1.54, 1.807) is 20.5 Å². The summed E-state index contributed by atoms with van der Waals surface area (Å²) in [6, 6.07) is 17.4. The molecule has 1 heterocycles. The molecule has 0 radical (unpaired) electrons. The van der Waals surface area contributed by atoms with Crippen LogP contribution in [0.3, 0.4) is 0 Å². The van der Waals surface area contributed by atoms with Crippen molar-refractivity contribution in [2.45, 2.75) is 38.0 Å². The molecule has 160 valence electrons. The maximum Gasteiger partial charge on any atom is 0.126 e. The summed E-state index contributed by atoms with van der Waals surface area (Å²) in [6.07, 6.45) is 2.38. The first kappa shape index (κ1) is 22.1. The zero-order chi connectivity index (χ0) is 21.7. The summed E-state index contributed by atoms with van der Waals surface area (Å²) in [6.45, 7) is 5.81. The normalized spacial score (nSPS) is 13.6. The van der Waals surface area contributed by atoms with Crippen LogP contribution in [-0.2, 0) is 17.4 Å². The second kappa shape index (κ2) is 9.49. The number of hydrogen-bond donors (Lipinski definition) is 1. The van der Waals surface area contributed by atoms with E-state index in [1.165, 1.54) is 5.56 Å². The van der Waals surface area contributed by atoms with Gasteiger partial charge in [0.05, 0.1) is 36.2 Å². The first-order valence-electron chi connectivity index (χ1n) is 9.83. The van der Waals surface area contributed by atoms with E-state index in [-0.39, 0.29) is 0 Å². The molecule has 0 spiro atoms. The molecule has 0 bridgehead atoms. The lowest BCUT2D eigenvalue weighted by molar-refractivity contribution is 0.400. The Morgan fingerprint density at radius 1 is 1.00 bits per heavy atom. The summed E-state index contributed by atoms with van der Waals surface area (Å²) in [5, 5.41) is 0. The third-order valence-electron chi connectivity index (χ3n) is 4.78. The van der Waals surface area contributed by atoms with Crippen LogP contribution in [0, 0.1) is 0 Å². The van der Waals surface area contributed by atoms with Gasteiger partial charge in [-0.1, -0.05) is 18.2 Å². The highest BCUT2D eigenvalue weighted by Crippen LogP contribution is 2.33. The van der Waals surface area contributed by atoms with Gasteiger partial charge in [-0.3, -0.25) is 0 Å². The summed E-state index contributed by atoms with van der Waals surface area (Å²) in [5.74, 6) is 2.24. The Kier molecular flexibility index (Phi) is 7.00. The van der Waals surface area contributed by atoms with Gasteiger partial charge in [0, 0.05) is 5.56 Å². The molecular formula is C24H29NO4S. The van der Waals surface area contributed by atoms with E-state index in [0.717, 1.165) is 23.3 Å². The van der Waals surface area contributed by atoms with Crippen molar-refractivity contribution in [3.8, 4) is 11.5 Å². The predicted octanol–water partition coefficient (Wildman–Crippen LogP) is 5.03. The first-order chi connectivity index (χ1) is 14.3. The lowest BCUT2D eigenvalue weighted by Gasteiger charge is -2.25. The van der Waals surface area contributed by atoms with E-state index in [9.17, 15) is 4.21 Å². The fraction of sp³-hybridized carbons (Fsp3) is 0.333. The van der Waals surface area contributed by atoms with Gasteiger partial charge in [-0.05, 0) is 74.7 Å². The van der Waals surface area contributed by atoms with Crippen LogP contribution in [0.1, 0.15) is 49.3 Å². The van der Waals surface area contributed by atoms with Gasteiger partial charge in [0.1, 0.15) is 23.3 Å². The van der Waals surface area contributed by atoms with Crippen molar-refractivity contribution >= 4 is 11.0 Å². The zero-order valence-corrected chi connectivity index (χ0v) is 18.9. The van der Waals surface area contributed by atoms with Crippen LogP contribution in [-0.4, -0.2) is 23.2 Å². The van der Waals surface area contributed by atoms with E-state index >= 15 is 0 Å². The zero-order valence-electron chi connectivity index (χ0n) is 18.1. The predicted molar refractivity (Wildman–Crippen MR) is 120 cm³/mol. The first-order valence-corrected chi connectivity index (χ1v) is 11.0. The highest BCUT2D eigenvalue weighted by molar-refractivity contribution is 7.84. The van der Waals surface area contributed by atoms with Gasteiger partial charge in [0.2, 0.25) is 0 Å². The minimum atomic E-state index is -1.29. The third-order valence-corrected chi connectivity index (χ3v) is 6.34. The number of ether oxygens (including phenoxy) is 2. The second-order valence-corrected chi connectivity index (χ2v) is 10.0. The Bertz CT molecular complexity index is 975. The van der Waals surface area contributed by atoms with Crippen LogP contribution in [0.15, 0.2) is 65.3 Å². The maximum atomic E-state index is 12.9. The summed E-state index contributed by atoms with van der Waals surface area (Å²) >= 11 is 0. The summed E-state index contributed by atoms with van der Waals surface area (Å²) < 4.78 is 32.3. The highest BCUT2D eigenvalue weighted by Gasteiger charge is 2.28. The Labute approximate surface area is 181 Å². The van der Waals surface area contributed by atoms with Crippen molar-refractivity contribution in [1.29, 1.82) is 0 Å². The van der Waals surface area contributed by atoms with E-state index in [0.29, 0.717) is 11.5 Å². The minimum absolute atomic E-state index is 0.397. The average molecular weight is 428 g/mol. The molecule has 0 saturated heterocycles. The van der Waals surface area contributed by atoms with Gasteiger partial charge in [0.15, 0.2) is 0 Å². The summed E-state index contributed by atoms with van der Waals surface area (Å²) in [5.41, 5.74) is 3.18. The molecule has 6 heteroatoms. The van der Waals surface area contributed by atoms with Gasteiger partial charge in [-0.25, -0.2) is 8.93 Å². The minimum Gasteiger partial charge on any atom is -0.497 e. The van der Waals surface area contributed by atoms with E-state index in [4.69, 9.17) is 13.9 Å². The van der Waals surface area contributed by atoms with Gasteiger partial charge in [-0.15, -0.1) is 0 Å². The topological polar surface area (TPSA) is 60.7 Å². The van der Waals surface area contributed by atoms with Crippen LogP contribution in [0.4, 0.5) is 0 Å². The molecule has 0 aliphatic carbocycles. The highest BCUT2D eigenvalue weighted by atomic mass is 32.2. The quantitative estimate of drug-likeness (QED) is 0.548. The molecule has 0 aliphatic heterocycles. The van der Waals surface area contributed by atoms with Crippen molar-refractivity contribution in [1.82, 2.24) is 4.72 Å². The molecule has 0 saturated carbocycles. The number of rotatable bonds is 8. The van der Waals surface area contributed by atoms with Crippen molar-refractivity contribution in [2.75, 3.05) is 14.2 Å². The van der Waals surface area contributed by atoms with Crippen LogP contribution < -0.4 is 14.2 Å². The molecule has 5 nitrogen and oxygen atoms in total. The number of nitrogens with one attached hydrogen (secondary N) is 1. The van der Waals surface area contributed by atoms with Crippen molar-refractivity contribution in [2.24, 2.45) is 0 Å². The molecule has 3 aromatic rings. The number of benzene rings is 2. The smallest absolute Gasteiger partial charge is 0.126 e. The summed E-state index contributed by atoms with van der Waals surface area (Å²) in [7, 11) is 2.01. The number of hydrogen-bond acceptors (Lipinski definition) is 4. The molecule has 2 aromatic carbocycles. The molecule has 0 amide bonds. The lowest BCUT2D eigenvalue weighted by Crippen LogP contribution is -2.36. The summed E-state index contributed by atoms with van der Waals surface area (Å²) in [4.78, 5) is 0. The second-order valence-electron chi connectivity index (χ2n) is 8.05. The van der Waals surface area contributed by atoms with Crippen molar-refractivity contribution < 1.29 is 18.1 Å². The number of methoxy groups -OCH3 is 2. The Hall–Kier alpha value is -2.57. The van der Waals surface area contributed by atoms with Crippen molar-refractivity contribution in [3.05, 3.63) is 83.3 Å². The maximum absolute atomic E-state index is 12.9. The van der Waals surface area contributed by atoms with Crippen LogP contribution in [0.2, 0.25) is 0 Å². The molecule has 30 heavy (non-hydrogen) atoms. The molecule has 0 aliphatic rings. The fourth-order valence-corrected chi connectivity index (χ4v) is 3.92. The molecule has 1 N–H and O–H groups in total. The van der Waals surface area contributed by atoms with Crippen LogP contribution in [0.25, 0.3) is 0 Å².